The van der Waals surface area contributed by atoms with E-state index in [-0.39, 0.29) is 0 Å². The van der Waals surface area contributed by atoms with Crippen LogP contribution in [0.3, 0.4) is 0 Å². The number of aryl methyl sites for hydroxylation is 1. The molecule has 2 rings (SSSR count). The number of aldehydes is 1. The van der Waals surface area contributed by atoms with Gasteiger partial charge in [-0.25, -0.2) is 0 Å². The van der Waals surface area contributed by atoms with Crippen LogP contribution in [0.5, 0.6) is 0 Å². The van der Waals surface area contributed by atoms with Crippen molar-refractivity contribution in [2.24, 2.45) is 7.05 Å². The predicted molar refractivity (Wildman–Crippen MR) is 59.0 cm³/mol. The lowest BCUT2D eigenvalue weighted by Crippen LogP contribution is -2.06. The van der Waals surface area contributed by atoms with Gasteiger partial charge in [-0.3, -0.25) is 9.48 Å². The molecule has 1 aromatic carbocycles. The molecule has 1 heterocycles. The van der Waals surface area contributed by atoms with Crippen LogP contribution in [0.4, 0.5) is 13.2 Å². The molecule has 94 valence electrons. The third-order valence-corrected chi connectivity index (χ3v) is 2.51. The molecule has 0 bridgehead atoms. The van der Waals surface area contributed by atoms with E-state index in [9.17, 15) is 18.0 Å². The lowest BCUT2D eigenvalue weighted by atomic mass is 10.1. The van der Waals surface area contributed by atoms with E-state index in [0.717, 1.165) is 6.07 Å². The van der Waals surface area contributed by atoms with Crippen LogP contribution in [0.1, 0.15) is 16.1 Å². The molecule has 0 N–H and O–H groups in total. The van der Waals surface area contributed by atoms with Crippen LogP contribution < -0.4 is 0 Å². The van der Waals surface area contributed by atoms with Crippen LogP contribution in [0, 0.1) is 0 Å². The maximum absolute atomic E-state index is 12.5. The standard InChI is InChI=1S/C12H9F3N2O/c1-17-10(6-11(16-17)12(13,14)15)9-4-2-8(7-18)3-5-9/h2-7H,1H3. The third kappa shape index (κ3) is 2.27. The van der Waals surface area contributed by atoms with Crippen LogP contribution in [0.25, 0.3) is 11.3 Å². The molecule has 0 aliphatic heterocycles. The first-order valence-electron chi connectivity index (χ1n) is 5.08. The van der Waals surface area contributed by atoms with Gasteiger partial charge in [0, 0.05) is 12.6 Å². The maximum Gasteiger partial charge on any atom is 0.435 e. The summed E-state index contributed by atoms with van der Waals surface area (Å²) < 4.78 is 38.6. The highest BCUT2D eigenvalue weighted by atomic mass is 19.4. The Balaban J connectivity index is 2.44. The summed E-state index contributed by atoms with van der Waals surface area (Å²) in [5.74, 6) is 0. The van der Waals surface area contributed by atoms with Crippen molar-refractivity contribution < 1.29 is 18.0 Å². The van der Waals surface area contributed by atoms with Crippen LogP contribution in [-0.2, 0) is 13.2 Å². The van der Waals surface area contributed by atoms with Crippen molar-refractivity contribution >= 4 is 6.29 Å². The number of rotatable bonds is 2. The van der Waals surface area contributed by atoms with E-state index in [4.69, 9.17) is 0 Å². The summed E-state index contributed by atoms with van der Waals surface area (Å²) in [6.07, 6.45) is -3.78. The Morgan fingerprint density at radius 2 is 1.83 bits per heavy atom. The Kier molecular flexibility index (Phi) is 2.94. The van der Waals surface area contributed by atoms with Crippen molar-refractivity contribution in [1.29, 1.82) is 0 Å². The number of carbonyl (C=O) groups is 1. The van der Waals surface area contributed by atoms with Gasteiger partial charge in [0.2, 0.25) is 0 Å². The number of alkyl halides is 3. The first-order valence-corrected chi connectivity index (χ1v) is 5.08. The molecule has 0 spiro atoms. The molecule has 0 aliphatic rings. The largest absolute Gasteiger partial charge is 0.435 e. The van der Waals surface area contributed by atoms with E-state index in [2.05, 4.69) is 5.10 Å². The van der Waals surface area contributed by atoms with Crippen molar-refractivity contribution in [3.8, 4) is 11.3 Å². The lowest BCUT2D eigenvalue weighted by molar-refractivity contribution is -0.141. The second-order valence-corrected chi connectivity index (χ2v) is 3.78. The van der Waals surface area contributed by atoms with Crippen molar-refractivity contribution in [1.82, 2.24) is 9.78 Å². The molecule has 0 aliphatic carbocycles. The second kappa shape index (κ2) is 4.29. The second-order valence-electron chi connectivity index (χ2n) is 3.78. The molecule has 6 heteroatoms. The molecular formula is C12H9F3N2O. The number of halogens is 3. The third-order valence-electron chi connectivity index (χ3n) is 2.51. The Bertz CT molecular complexity index is 570. The first kappa shape index (κ1) is 12.3. The summed E-state index contributed by atoms with van der Waals surface area (Å²) in [4.78, 5) is 10.5. The monoisotopic (exact) mass is 254 g/mol. The summed E-state index contributed by atoms with van der Waals surface area (Å²) in [5.41, 5.74) is 0.460. The van der Waals surface area contributed by atoms with Gasteiger partial charge in [-0.2, -0.15) is 18.3 Å². The van der Waals surface area contributed by atoms with Gasteiger partial charge >= 0.3 is 6.18 Å². The number of carbonyl (C=O) groups excluding carboxylic acids is 1. The van der Waals surface area contributed by atoms with E-state index in [1.807, 2.05) is 0 Å². The van der Waals surface area contributed by atoms with Gasteiger partial charge in [0.15, 0.2) is 5.69 Å². The quantitative estimate of drug-likeness (QED) is 0.772. The number of nitrogens with zero attached hydrogens (tertiary/aromatic N) is 2. The number of hydrogen-bond donors (Lipinski definition) is 0. The molecule has 0 amide bonds. The fourth-order valence-corrected chi connectivity index (χ4v) is 1.61. The van der Waals surface area contributed by atoms with Gasteiger partial charge in [0.1, 0.15) is 6.29 Å². The summed E-state index contributed by atoms with van der Waals surface area (Å²) in [5, 5.41) is 3.42. The zero-order valence-corrected chi connectivity index (χ0v) is 9.40. The van der Waals surface area contributed by atoms with E-state index in [1.165, 1.54) is 11.7 Å². The summed E-state index contributed by atoms with van der Waals surface area (Å²) in [7, 11) is 1.44. The first-order chi connectivity index (χ1) is 8.41. The molecule has 0 unspecified atom stereocenters. The number of aromatic nitrogens is 2. The van der Waals surface area contributed by atoms with Crippen LogP contribution in [0.15, 0.2) is 30.3 Å². The topological polar surface area (TPSA) is 34.9 Å². The Morgan fingerprint density at radius 1 is 1.22 bits per heavy atom. The van der Waals surface area contributed by atoms with Gasteiger partial charge in [-0.1, -0.05) is 24.3 Å². The van der Waals surface area contributed by atoms with Gasteiger partial charge in [0.05, 0.1) is 5.69 Å². The van der Waals surface area contributed by atoms with Crippen LogP contribution in [-0.4, -0.2) is 16.1 Å². The zero-order chi connectivity index (χ0) is 13.3. The fraction of sp³-hybridized carbons (Fsp3) is 0.167. The minimum atomic E-state index is -4.46. The van der Waals surface area contributed by atoms with Crippen molar-refractivity contribution in [2.45, 2.75) is 6.18 Å². The van der Waals surface area contributed by atoms with Crippen LogP contribution >= 0.6 is 0 Å². The Morgan fingerprint density at radius 3 is 2.28 bits per heavy atom. The zero-order valence-electron chi connectivity index (χ0n) is 9.40. The van der Waals surface area contributed by atoms with E-state index in [0.29, 0.717) is 23.1 Å². The highest BCUT2D eigenvalue weighted by Crippen LogP contribution is 2.31. The summed E-state index contributed by atoms with van der Waals surface area (Å²) in [6.45, 7) is 0. The van der Waals surface area contributed by atoms with Crippen LogP contribution in [0.2, 0.25) is 0 Å². The molecule has 18 heavy (non-hydrogen) atoms. The molecule has 0 radical (unpaired) electrons. The Labute approximate surface area is 101 Å². The SMILES string of the molecule is Cn1nc(C(F)(F)F)cc1-c1ccc(C=O)cc1. The van der Waals surface area contributed by atoms with E-state index >= 15 is 0 Å². The van der Waals surface area contributed by atoms with E-state index in [1.54, 1.807) is 24.3 Å². The predicted octanol–water partition coefficient (Wildman–Crippen LogP) is 2.92. The van der Waals surface area contributed by atoms with Crippen molar-refractivity contribution in [3.63, 3.8) is 0 Å². The van der Waals surface area contributed by atoms with Gasteiger partial charge in [-0.15, -0.1) is 0 Å². The highest BCUT2D eigenvalue weighted by molar-refractivity contribution is 5.76. The van der Waals surface area contributed by atoms with Gasteiger partial charge in [0.25, 0.3) is 0 Å². The molecular weight excluding hydrogens is 245 g/mol. The fourth-order valence-electron chi connectivity index (χ4n) is 1.61. The lowest BCUT2D eigenvalue weighted by Gasteiger charge is -2.01. The number of hydrogen-bond acceptors (Lipinski definition) is 2. The van der Waals surface area contributed by atoms with E-state index < -0.39 is 11.9 Å². The molecule has 0 fully saturated rings. The normalized spacial score (nSPS) is 11.6. The minimum absolute atomic E-state index is 0.347. The molecule has 0 atom stereocenters. The maximum atomic E-state index is 12.5. The molecule has 2 aromatic rings. The smallest absolute Gasteiger partial charge is 0.298 e. The van der Waals surface area contributed by atoms with Gasteiger partial charge in [-0.05, 0) is 11.6 Å². The minimum Gasteiger partial charge on any atom is -0.298 e. The summed E-state index contributed by atoms with van der Waals surface area (Å²) in [6, 6.07) is 7.24. The average molecular weight is 254 g/mol. The van der Waals surface area contributed by atoms with Crippen molar-refractivity contribution in [2.75, 3.05) is 0 Å². The van der Waals surface area contributed by atoms with Crippen molar-refractivity contribution in [3.05, 3.63) is 41.6 Å². The number of benzene rings is 1. The molecule has 1 aromatic heterocycles. The average Bonchev–Trinajstić information content (AvgIpc) is 2.71. The molecule has 0 saturated heterocycles. The summed E-state index contributed by atoms with van der Waals surface area (Å²) >= 11 is 0. The molecule has 3 nitrogen and oxygen atoms in total. The Hall–Kier alpha value is -2.11. The highest BCUT2D eigenvalue weighted by Gasteiger charge is 2.34. The molecule has 0 saturated carbocycles. The van der Waals surface area contributed by atoms with Gasteiger partial charge < -0.3 is 0 Å².